The highest BCUT2D eigenvalue weighted by Crippen LogP contribution is 2.41. The maximum absolute atomic E-state index is 12.9. The van der Waals surface area contributed by atoms with Crippen molar-refractivity contribution in [3.8, 4) is 0 Å². The second kappa shape index (κ2) is 9.57. The molecular formula is C26H37NO4Si. The number of furan rings is 1. The minimum atomic E-state index is -2.18. The predicted octanol–water partition coefficient (Wildman–Crippen LogP) is 7.21. The van der Waals surface area contributed by atoms with Crippen LogP contribution in [0.4, 0.5) is 4.79 Å². The number of hydrogen-bond donors (Lipinski definition) is 0. The van der Waals surface area contributed by atoms with E-state index in [1.807, 2.05) is 36.6 Å². The van der Waals surface area contributed by atoms with Gasteiger partial charge in [-0.3, -0.25) is 0 Å². The summed E-state index contributed by atoms with van der Waals surface area (Å²) in [6.07, 6.45) is 7.22. The number of ether oxygens (including phenoxy) is 1. The fraction of sp³-hybridized carbons (Fsp3) is 0.500. The molecule has 1 amide bonds. The Morgan fingerprint density at radius 1 is 1.25 bits per heavy atom. The number of nitrogens with zero attached hydrogens (tertiary/aromatic N) is 1. The molecule has 1 aromatic heterocycles. The number of hydrogen-bond acceptors (Lipinski definition) is 4. The zero-order valence-corrected chi connectivity index (χ0v) is 21.5. The van der Waals surface area contributed by atoms with Crippen LogP contribution >= 0.6 is 0 Å². The van der Waals surface area contributed by atoms with Gasteiger partial charge in [-0.2, -0.15) is 0 Å². The highest BCUT2D eigenvalue weighted by atomic mass is 28.4. The average Bonchev–Trinajstić information content (AvgIpc) is 3.30. The molecule has 2 atom stereocenters. The van der Waals surface area contributed by atoms with Crippen molar-refractivity contribution in [1.82, 2.24) is 4.90 Å². The Kier molecular flexibility index (Phi) is 7.23. The molecule has 0 aliphatic carbocycles. The van der Waals surface area contributed by atoms with Gasteiger partial charge in [-0.15, -0.1) is 0 Å². The zero-order chi connectivity index (χ0) is 23.5. The summed E-state index contributed by atoms with van der Waals surface area (Å²) < 4.78 is 17.6. The molecule has 5 nitrogen and oxygen atoms in total. The van der Waals surface area contributed by atoms with E-state index in [1.165, 1.54) is 11.1 Å². The van der Waals surface area contributed by atoms with Gasteiger partial charge < -0.3 is 13.6 Å². The number of carbonyl (C=O) groups is 1. The summed E-state index contributed by atoms with van der Waals surface area (Å²) in [6, 6.07) is 9.84. The van der Waals surface area contributed by atoms with Crippen LogP contribution in [0.15, 0.2) is 59.2 Å². The summed E-state index contributed by atoms with van der Waals surface area (Å²) >= 11 is 0. The summed E-state index contributed by atoms with van der Waals surface area (Å²) in [7, 11) is -2.18. The van der Waals surface area contributed by atoms with Gasteiger partial charge in [0, 0.05) is 0 Å². The predicted molar refractivity (Wildman–Crippen MR) is 130 cm³/mol. The van der Waals surface area contributed by atoms with Gasteiger partial charge >= 0.3 is 6.09 Å². The number of rotatable bonds is 8. The van der Waals surface area contributed by atoms with Crippen LogP contribution in [-0.4, -0.2) is 25.9 Å². The number of allylic oxidation sites excluding steroid dienone is 1. The van der Waals surface area contributed by atoms with Crippen LogP contribution in [0, 0.1) is 12.8 Å². The zero-order valence-electron chi connectivity index (χ0n) is 20.5. The average molecular weight is 456 g/mol. The second-order valence-corrected chi connectivity index (χ2v) is 15.1. The normalized spacial score (nSPS) is 18.6. The molecule has 6 heteroatoms. The van der Waals surface area contributed by atoms with Crippen LogP contribution in [0.25, 0.3) is 0 Å². The summed E-state index contributed by atoms with van der Waals surface area (Å²) in [5.41, 5.74) is 3.44. The van der Waals surface area contributed by atoms with E-state index < -0.39 is 8.32 Å². The van der Waals surface area contributed by atoms with Crippen molar-refractivity contribution < 1.29 is 18.4 Å². The summed E-state index contributed by atoms with van der Waals surface area (Å²) in [5.74, 6) is 0.846. The molecule has 1 aliphatic heterocycles. The van der Waals surface area contributed by atoms with Crippen molar-refractivity contribution in [2.24, 2.45) is 5.92 Å². The lowest BCUT2D eigenvalue weighted by Crippen LogP contribution is -2.43. The van der Waals surface area contributed by atoms with Crippen molar-refractivity contribution >= 4 is 14.4 Å². The molecule has 0 bridgehead atoms. The van der Waals surface area contributed by atoms with Gasteiger partial charge in [0.15, 0.2) is 5.88 Å². The highest BCUT2D eigenvalue weighted by molar-refractivity contribution is 6.74. The topological polar surface area (TPSA) is 51.9 Å². The van der Waals surface area contributed by atoms with E-state index in [0.717, 1.165) is 18.4 Å². The second-order valence-electron chi connectivity index (χ2n) is 10.3. The van der Waals surface area contributed by atoms with E-state index in [0.29, 0.717) is 12.5 Å². The SMILES string of the molecule is Cc1cocc1CC[C@@H](C)/C=C(\O[Si](C)(C)C(C)(C)C)N1C(=O)OC[C@H]1c1ccccc1. The number of amides is 1. The molecule has 2 heterocycles. The standard InChI is InChI=1S/C26H37NO4Si/c1-19(13-14-22-17-29-16-20(22)2)15-24(31-32(6,7)26(3,4)5)27-23(18-30-25(27)28)21-11-9-8-10-12-21/h8-12,15-17,19,23H,13-14,18H2,1-7H3/b24-15-/t19-,23+/m1/s1. The van der Waals surface area contributed by atoms with E-state index >= 15 is 0 Å². The molecule has 3 rings (SSSR count). The molecule has 0 saturated carbocycles. The first-order chi connectivity index (χ1) is 15.0. The monoisotopic (exact) mass is 455 g/mol. The summed E-state index contributed by atoms with van der Waals surface area (Å²) in [4.78, 5) is 14.6. The first-order valence-electron chi connectivity index (χ1n) is 11.4. The van der Waals surface area contributed by atoms with Crippen LogP contribution in [0.1, 0.15) is 56.8 Å². The molecule has 1 saturated heterocycles. The van der Waals surface area contributed by atoms with Gasteiger partial charge in [0.2, 0.25) is 0 Å². The number of cyclic esters (lactones) is 1. The molecule has 1 aliphatic rings. The van der Waals surface area contributed by atoms with Crippen molar-refractivity contribution in [1.29, 1.82) is 0 Å². The van der Waals surface area contributed by atoms with Crippen molar-refractivity contribution in [2.45, 2.75) is 71.6 Å². The number of carbonyl (C=O) groups excluding carboxylic acids is 1. The van der Waals surface area contributed by atoms with Gasteiger partial charge in [-0.05, 0) is 66.6 Å². The van der Waals surface area contributed by atoms with Gasteiger partial charge in [-0.25, -0.2) is 9.69 Å². The Morgan fingerprint density at radius 2 is 1.94 bits per heavy atom. The third kappa shape index (κ3) is 5.47. The fourth-order valence-electron chi connectivity index (χ4n) is 3.52. The van der Waals surface area contributed by atoms with Crippen LogP contribution < -0.4 is 0 Å². The molecule has 174 valence electrons. The Hall–Kier alpha value is -2.47. The largest absolute Gasteiger partial charge is 0.532 e. The molecule has 2 aromatic rings. The lowest BCUT2D eigenvalue weighted by Gasteiger charge is -2.39. The summed E-state index contributed by atoms with van der Waals surface area (Å²) in [6.45, 7) is 15.6. The molecule has 0 radical (unpaired) electrons. The molecule has 1 aromatic carbocycles. The maximum Gasteiger partial charge on any atom is 0.417 e. The smallest absolute Gasteiger partial charge is 0.417 e. The molecule has 0 N–H and O–H groups in total. The van der Waals surface area contributed by atoms with Crippen LogP contribution in [0.2, 0.25) is 18.1 Å². The van der Waals surface area contributed by atoms with E-state index in [4.69, 9.17) is 13.6 Å². The molecular weight excluding hydrogens is 418 g/mol. The van der Waals surface area contributed by atoms with Crippen molar-refractivity contribution in [3.05, 3.63) is 71.5 Å². The van der Waals surface area contributed by atoms with Gasteiger partial charge in [0.05, 0.1) is 12.5 Å². The third-order valence-electron chi connectivity index (χ3n) is 6.72. The highest BCUT2D eigenvalue weighted by Gasteiger charge is 2.44. The fourth-order valence-corrected chi connectivity index (χ4v) is 4.51. The Labute approximate surface area is 193 Å². The van der Waals surface area contributed by atoms with Crippen LogP contribution in [0.3, 0.4) is 0 Å². The van der Waals surface area contributed by atoms with Crippen molar-refractivity contribution in [2.75, 3.05) is 6.61 Å². The first-order valence-corrected chi connectivity index (χ1v) is 14.3. The van der Waals surface area contributed by atoms with E-state index in [1.54, 1.807) is 11.2 Å². The van der Waals surface area contributed by atoms with E-state index in [-0.39, 0.29) is 23.1 Å². The number of benzene rings is 1. The van der Waals surface area contributed by atoms with Crippen LogP contribution in [-0.2, 0) is 15.6 Å². The third-order valence-corrected chi connectivity index (χ3v) is 11.1. The van der Waals surface area contributed by atoms with Crippen LogP contribution in [0.5, 0.6) is 0 Å². The maximum atomic E-state index is 12.9. The van der Waals surface area contributed by atoms with Crippen molar-refractivity contribution in [3.63, 3.8) is 0 Å². The minimum Gasteiger partial charge on any atom is -0.532 e. The van der Waals surface area contributed by atoms with Gasteiger partial charge in [0.1, 0.15) is 12.6 Å². The van der Waals surface area contributed by atoms with E-state index in [9.17, 15) is 4.79 Å². The molecule has 0 unspecified atom stereocenters. The Morgan fingerprint density at radius 3 is 2.53 bits per heavy atom. The molecule has 32 heavy (non-hydrogen) atoms. The lowest BCUT2D eigenvalue weighted by atomic mass is 10.0. The summed E-state index contributed by atoms with van der Waals surface area (Å²) in [5, 5.41) is 0.00903. The minimum absolute atomic E-state index is 0.00903. The van der Waals surface area contributed by atoms with E-state index in [2.05, 4.69) is 53.8 Å². The number of aryl methyl sites for hydroxylation is 2. The Bertz CT molecular complexity index is 942. The first kappa shape index (κ1) is 24.2. The molecule has 0 spiro atoms. The van der Waals surface area contributed by atoms with Gasteiger partial charge in [0.25, 0.3) is 8.32 Å². The van der Waals surface area contributed by atoms with Gasteiger partial charge in [-0.1, -0.05) is 58.0 Å². The lowest BCUT2D eigenvalue weighted by molar-refractivity contribution is 0.149. The molecule has 1 fully saturated rings. The quantitative estimate of drug-likeness (QED) is 0.312. The Balaban J connectivity index is 1.91.